The lowest BCUT2D eigenvalue weighted by molar-refractivity contribution is -0.118. The maximum atomic E-state index is 12.8. The van der Waals surface area contributed by atoms with E-state index in [1.54, 1.807) is 49.9 Å². The highest BCUT2D eigenvalue weighted by Crippen LogP contribution is 2.32. The number of carbonyl (C=O) groups is 3. The van der Waals surface area contributed by atoms with Gasteiger partial charge < -0.3 is 25.6 Å². The van der Waals surface area contributed by atoms with Crippen molar-refractivity contribution in [3.63, 3.8) is 0 Å². The number of nitrogens with zero attached hydrogens (tertiary/aromatic N) is 1. The minimum absolute atomic E-state index is 0.231. The first-order chi connectivity index (χ1) is 18.0. The van der Waals surface area contributed by atoms with Gasteiger partial charge in [-0.1, -0.05) is 47.5 Å². The van der Waals surface area contributed by atoms with E-state index in [0.29, 0.717) is 34.5 Å². The number of alkyl carbamates (subject to hydrolysis) is 1. The van der Waals surface area contributed by atoms with Crippen LogP contribution < -0.4 is 16.0 Å². The molecule has 8 nitrogen and oxygen atoms in total. The number of piperidine rings is 1. The summed E-state index contributed by atoms with van der Waals surface area (Å²) in [5.41, 5.74) is 1.49. The van der Waals surface area contributed by atoms with E-state index in [9.17, 15) is 14.4 Å². The first-order valence-electron chi connectivity index (χ1n) is 12.5. The number of amides is 4. The fraction of sp³-hybridized carbons (Fsp3) is 0.393. The second kappa shape index (κ2) is 13.0. The van der Waals surface area contributed by atoms with E-state index >= 15 is 0 Å². The van der Waals surface area contributed by atoms with Gasteiger partial charge in [-0.25, -0.2) is 9.59 Å². The van der Waals surface area contributed by atoms with Crippen molar-refractivity contribution < 1.29 is 19.1 Å². The van der Waals surface area contributed by atoms with Crippen LogP contribution in [0.25, 0.3) is 0 Å². The predicted molar refractivity (Wildman–Crippen MR) is 152 cm³/mol. The van der Waals surface area contributed by atoms with Gasteiger partial charge in [0.15, 0.2) is 0 Å². The molecule has 1 atom stereocenters. The van der Waals surface area contributed by atoms with E-state index in [1.807, 2.05) is 24.3 Å². The molecule has 0 saturated carbocycles. The zero-order valence-corrected chi connectivity index (χ0v) is 23.4. The van der Waals surface area contributed by atoms with Crippen LogP contribution in [0.4, 0.5) is 21.0 Å². The molecule has 1 unspecified atom stereocenters. The van der Waals surface area contributed by atoms with Crippen LogP contribution in [0, 0.1) is 0 Å². The normalized spacial score (nSPS) is 14.8. The molecule has 3 rings (SSSR count). The third-order valence-corrected chi connectivity index (χ3v) is 6.67. The first kappa shape index (κ1) is 29.3. The Hall–Kier alpha value is -3.23. The van der Waals surface area contributed by atoms with Crippen molar-refractivity contribution in [3.05, 3.63) is 70.7 Å². The van der Waals surface area contributed by atoms with Gasteiger partial charge in [0.05, 0.1) is 15.7 Å². The van der Waals surface area contributed by atoms with Crippen LogP contribution in [0.5, 0.6) is 0 Å². The minimum Gasteiger partial charge on any atom is -0.444 e. The lowest BCUT2D eigenvalue weighted by Crippen LogP contribution is -2.45. The van der Waals surface area contributed by atoms with Gasteiger partial charge in [0.1, 0.15) is 11.6 Å². The SMILES string of the molecule is C=CCC(NC(=O)OC(C)(C)C)C(=O)Nc1ccc(C2CCN(C(=O)Nc3c(Cl)cccc3Cl)CC2)cc1. The Morgan fingerprint density at radius 3 is 2.21 bits per heavy atom. The number of rotatable bonds is 7. The second-order valence-electron chi connectivity index (χ2n) is 10.1. The molecule has 0 bridgehead atoms. The Morgan fingerprint density at radius 1 is 1.05 bits per heavy atom. The van der Waals surface area contributed by atoms with Gasteiger partial charge in [0, 0.05) is 18.8 Å². The van der Waals surface area contributed by atoms with E-state index in [1.165, 1.54) is 0 Å². The van der Waals surface area contributed by atoms with Gasteiger partial charge in [-0.2, -0.15) is 0 Å². The van der Waals surface area contributed by atoms with Crippen LogP contribution in [-0.2, 0) is 9.53 Å². The Bertz CT molecular complexity index is 1140. The predicted octanol–water partition coefficient (Wildman–Crippen LogP) is 6.81. The molecule has 0 aliphatic carbocycles. The standard InChI is InChI=1S/C28H34Cl2N4O4/c1-5-7-23(32-27(37)38-28(2,3)4)25(35)31-20-12-10-18(11-13-20)19-14-16-34(17-15-19)26(36)33-24-21(29)8-6-9-22(24)30/h5-6,8-13,19,23H,1,7,14-17H2,2-4H3,(H,31,35)(H,32,37)(H,33,36). The molecule has 2 aromatic rings. The topological polar surface area (TPSA) is 99.8 Å². The highest BCUT2D eigenvalue weighted by atomic mass is 35.5. The van der Waals surface area contributed by atoms with Crippen LogP contribution >= 0.6 is 23.2 Å². The molecule has 1 aliphatic rings. The number of urea groups is 1. The Morgan fingerprint density at radius 2 is 1.66 bits per heavy atom. The number of ether oxygens (including phenoxy) is 1. The molecule has 0 spiro atoms. The van der Waals surface area contributed by atoms with Crippen molar-refractivity contribution in [3.8, 4) is 0 Å². The Labute approximate surface area is 233 Å². The molecule has 1 fully saturated rings. The quantitative estimate of drug-likeness (QED) is 0.323. The van der Waals surface area contributed by atoms with Gasteiger partial charge in [-0.15, -0.1) is 6.58 Å². The summed E-state index contributed by atoms with van der Waals surface area (Å²) >= 11 is 12.3. The van der Waals surface area contributed by atoms with Crippen LogP contribution in [-0.4, -0.2) is 47.7 Å². The van der Waals surface area contributed by atoms with E-state index in [-0.39, 0.29) is 24.3 Å². The summed E-state index contributed by atoms with van der Waals surface area (Å²) in [5.74, 6) is -0.0727. The third kappa shape index (κ3) is 8.39. The van der Waals surface area contributed by atoms with Crippen LogP contribution in [0.3, 0.4) is 0 Å². The number of halogens is 2. The first-order valence-corrected chi connectivity index (χ1v) is 13.2. The van der Waals surface area contributed by atoms with Gasteiger partial charge in [0.2, 0.25) is 5.91 Å². The molecule has 0 aromatic heterocycles. The molecule has 1 aliphatic heterocycles. The molecule has 0 radical (unpaired) electrons. The average molecular weight is 562 g/mol. The smallest absolute Gasteiger partial charge is 0.408 e. The van der Waals surface area contributed by atoms with Crippen molar-refractivity contribution in [2.45, 2.75) is 57.6 Å². The van der Waals surface area contributed by atoms with Crippen molar-refractivity contribution in [1.29, 1.82) is 0 Å². The zero-order chi connectivity index (χ0) is 27.9. The molecular weight excluding hydrogens is 527 g/mol. The number of benzene rings is 2. The number of hydrogen-bond donors (Lipinski definition) is 3. The lowest BCUT2D eigenvalue weighted by atomic mass is 9.89. The molecule has 4 amide bonds. The number of nitrogens with one attached hydrogen (secondary N) is 3. The number of carbonyl (C=O) groups excluding carboxylic acids is 3. The minimum atomic E-state index is -0.807. The summed E-state index contributed by atoms with van der Waals surface area (Å²) in [5, 5.41) is 9.03. The molecule has 1 saturated heterocycles. The summed E-state index contributed by atoms with van der Waals surface area (Å²) < 4.78 is 5.26. The second-order valence-corrected chi connectivity index (χ2v) is 10.9. The number of hydrogen-bond acceptors (Lipinski definition) is 4. The largest absolute Gasteiger partial charge is 0.444 e. The summed E-state index contributed by atoms with van der Waals surface area (Å²) in [7, 11) is 0. The number of para-hydroxylation sites is 1. The zero-order valence-electron chi connectivity index (χ0n) is 21.9. The van der Waals surface area contributed by atoms with E-state index in [0.717, 1.165) is 18.4 Å². The van der Waals surface area contributed by atoms with Crippen LogP contribution in [0.1, 0.15) is 51.5 Å². The fourth-order valence-electron chi connectivity index (χ4n) is 4.14. The average Bonchev–Trinajstić information content (AvgIpc) is 2.85. The highest BCUT2D eigenvalue weighted by molar-refractivity contribution is 6.39. The van der Waals surface area contributed by atoms with Gasteiger partial charge in [-0.3, -0.25) is 4.79 Å². The van der Waals surface area contributed by atoms with Gasteiger partial charge in [0.25, 0.3) is 0 Å². The molecule has 3 N–H and O–H groups in total. The van der Waals surface area contributed by atoms with Crippen molar-refractivity contribution >= 4 is 52.6 Å². The fourth-order valence-corrected chi connectivity index (χ4v) is 4.63. The summed E-state index contributed by atoms with van der Waals surface area (Å²) in [4.78, 5) is 39.4. The van der Waals surface area contributed by atoms with Crippen molar-refractivity contribution in [2.24, 2.45) is 0 Å². The van der Waals surface area contributed by atoms with Crippen molar-refractivity contribution in [1.82, 2.24) is 10.2 Å². The molecule has 204 valence electrons. The molecule has 10 heteroatoms. The number of anilines is 2. The molecule has 2 aromatic carbocycles. The lowest BCUT2D eigenvalue weighted by Gasteiger charge is -2.32. The van der Waals surface area contributed by atoms with Crippen molar-refractivity contribution in [2.75, 3.05) is 23.7 Å². The molecule has 38 heavy (non-hydrogen) atoms. The van der Waals surface area contributed by atoms with E-state index < -0.39 is 17.7 Å². The third-order valence-electron chi connectivity index (χ3n) is 6.04. The monoisotopic (exact) mass is 560 g/mol. The highest BCUT2D eigenvalue weighted by Gasteiger charge is 2.26. The maximum Gasteiger partial charge on any atom is 0.408 e. The molecule has 1 heterocycles. The van der Waals surface area contributed by atoms with Crippen LogP contribution in [0.2, 0.25) is 10.0 Å². The Balaban J connectivity index is 1.53. The Kier molecular flexibility index (Phi) is 10.1. The summed E-state index contributed by atoms with van der Waals surface area (Å²) in [6, 6.07) is 11.7. The molecular formula is C28H34Cl2N4O4. The van der Waals surface area contributed by atoms with Crippen LogP contribution in [0.15, 0.2) is 55.1 Å². The van der Waals surface area contributed by atoms with E-state index in [2.05, 4.69) is 22.5 Å². The number of likely N-dealkylation sites (tertiary alicyclic amines) is 1. The maximum absolute atomic E-state index is 12.8. The van der Waals surface area contributed by atoms with Gasteiger partial charge in [-0.05, 0) is 75.8 Å². The summed E-state index contributed by atoms with van der Waals surface area (Å²) in [6.07, 6.45) is 2.77. The van der Waals surface area contributed by atoms with E-state index in [4.69, 9.17) is 27.9 Å². The van der Waals surface area contributed by atoms with Gasteiger partial charge >= 0.3 is 12.1 Å². The summed E-state index contributed by atoms with van der Waals surface area (Å²) in [6.45, 7) is 10.1.